The fourth-order valence-corrected chi connectivity index (χ4v) is 1.43. The van der Waals surface area contributed by atoms with Crippen molar-refractivity contribution in [3.05, 3.63) is 35.9 Å². The largest absolute Gasteiger partial charge is 0.354 e. The SMILES string of the molecule is Cc1cnc(NCCc2ccnn2C)nc1. The van der Waals surface area contributed by atoms with E-state index in [1.807, 2.05) is 24.7 Å². The number of aromatic nitrogens is 4. The minimum absolute atomic E-state index is 0.674. The number of aryl methyl sites for hydroxylation is 2. The van der Waals surface area contributed by atoms with Crippen LogP contribution in [-0.2, 0) is 13.5 Å². The molecule has 2 aromatic rings. The average molecular weight is 217 g/mol. The predicted octanol–water partition coefficient (Wildman–Crippen LogP) is 1.17. The van der Waals surface area contributed by atoms with Gasteiger partial charge in [-0.15, -0.1) is 0 Å². The summed E-state index contributed by atoms with van der Waals surface area (Å²) in [5, 5.41) is 7.29. The van der Waals surface area contributed by atoms with Crippen molar-refractivity contribution in [2.45, 2.75) is 13.3 Å². The van der Waals surface area contributed by atoms with Crippen LogP contribution in [0.5, 0.6) is 0 Å². The lowest BCUT2D eigenvalue weighted by molar-refractivity contribution is 0.710. The minimum Gasteiger partial charge on any atom is -0.354 e. The second-order valence-corrected chi connectivity index (χ2v) is 3.71. The van der Waals surface area contributed by atoms with E-state index in [0.717, 1.165) is 18.5 Å². The summed E-state index contributed by atoms with van der Waals surface area (Å²) < 4.78 is 1.87. The van der Waals surface area contributed by atoms with Crippen LogP contribution in [0.1, 0.15) is 11.3 Å². The van der Waals surface area contributed by atoms with Crippen molar-refractivity contribution in [2.75, 3.05) is 11.9 Å². The third-order valence-corrected chi connectivity index (χ3v) is 2.37. The standard InChI is InChI=1S/C11H15N5/c1-9-7-13-11(14-8-9)12-5-3-10-4-6-15-16(10)2/h4,6-8H,3,5H2,1-2H3,(H,12,13,14). The van der Waals surface area contributed by atoms with Gasteiger partial charge in [-0.1, -0.05) is 0 Å². The second-order valence-electron chi connectivity index (χ2n) is 3.71. The van der Waals surface area contributed by atoms with Crippen LogP contribution in [0.25, 0.3) is 0 Å². The van der Waals surface area contributed by atoms with E-state index in [2.05, 4.69) is 20.4 Å². The number of hydrogen-bond acceptors (Lipinski definition) is 4. The molecule has 0 aliphatic carbocycles. The van der Waals surface area contributed by atoms with Crippen molar-refractivity contribution in [1.82, 2.24) is 19.7 Å². The van der Waals surface area contributed by atoms with E-state index < -0.39 is 0 Å². The van der Waals surface area contributed by atoms with E-state index in [4.69, 9.17) is 0 Å². The summed E-state index contributed by atoms with van der Waals surface area (Å²) >= 11 is 0. The van der Waals surface area contributed by atoms with Gasteiger partial charge in [-0.25, -0.2) is 9.97 Å². The predicted molar refractivity (Wildman–Crippen MR) is 62.2 cm³/mol. The monoisotopic (exact) mass is 217 g/mol. The molecule has 0 aromatic carbocycles. The van der Waals surface area contributed by atoms with Gasteiger partial charge in [0.1, 0.15) is 0 Å². The molecule has 0 saturated carbocycles. The van der Waals surface area contributed by atoms with Crippen molar-refractivity contribution < 1.29 is 0 Å². The Hall–Kier alpha value is -1.91. The highest BCUT2D eigenvalue weighted by Gasteiger charge is 1.99. The molecule has 2 rings (SSSR count). The van der Waals surface area contributed by atoms with Gasteiger partial charge in [0, 0.05) is 44.3 Å². The Bertz CT molecular complexity index is 446. The van der Waals surface area contributed by atoms with Crippen LogP contribution in [0, 0.1) is 6.92 Å². The molecule has 1 N–H and O–H groups in total. The van der Waals surface area contributed by atoms with Crippen molar-refractivity contribution in [3.63, 3.8) is 0 Å². The van der Waals surface area contributed by atoms with E-state index >= 15 is 0 Å². The summed E-state index contributed by atoms with van der Waals surface area (Å²) in [4.78, 5) is 8.35. The molecule has 0 spiro atoms. The van der Waals surface area contributed by atoms with Gasteiger partial charge < -0.3 is 5.32 Å². The van der Waals surface area contributed by atoms with Crippen molar-refractivity contribution >= 4 is 5.95 Å². The molecule has 0 aliphatic rings. The normalized spacial score (nSPS) is 10.4. The number of nitrogens with zero attached hydrogens (tertiary/aromatic N) is 4. The fourth-order valence-electron chi connectivity index (χ4n) is 1.43. The maximum absolute atomic E-state index is 4.17. The lowest BCUT2D eigenvalue weighted by Gasteiger charge is -2.04. The van der Waals surface area contributed by atoms with Gasteiger partial charge in [0.25, 0.3) is 0 Å². The second kappa shape index (κ2) is 4.74. The molecular formula is C11H15N5. The van der Waals surface area contributed by atoms with E-state index in [0.29, 0.717) is 5.95 Å². The quantitative estimate of drug-likeness (QED) is 0.835. The first-order chi connectivity index (χ1) is 7.75. The van der Waals surface area contributed by atoms with Gasteiger partial charge in [0.15, 0.2) is 0 Å². The summed E-state index contributed by atoms with van der Waals surface area (Å²) in [5.41, 5.74) is 2.26. The molecule has 5 heteroatoms. The summed E-state index contributed by atoms with van der Waals surface area (Å²) in [6.07, 6.45) is 6.32. The molecule has 0 bridgehead atoms. The maximum atomic E-state index is 4.17. The number of nitrogens with one attached hydrogen (secondary N) is 1. The molecule has 16 heavy (non-hydrogen) atoms. The first-order valence-electron chi connectivity index (χ1n) is 5.25. The number of rotatable bonds is 4. The van der Waals surface area contributed by atoms with Gasteiger partial charge in [0.05, 0.1) is 0 Å². The highest BCUT2D eigenvalue weighted by atomic mass is 15.3. The maximum Gasteiger partial charge on any atom is 0.222 e. The zero-order valence-electron chi connectivity index (χ0n) is 9.51. The molecule has 2 aromatic heterocycles. The van der Waals surface area contributed by atoms with E-state index in [1.54, 1.807) is 18.6 Å². The van der Waals surface area contributed by atoms with E-state index in [1.165, 1.54) is 5.69 Å². The average Bonchev–Trinajstić information content (AvgIpc) is 2.68. The Balaban J connectivity index is 1.84. The van der Waals surface area contributed by atoms with E-state index in [-0.39, 0.29) is 0 Å². The highest BCUT2D eigenvalue weighted by molar-refractivity contribution is 5.24. The Morgan fingerprint density at radius 2 is 2.06 bits per heavy atom. The fraction of sp³-hybridized carbons (Fsp3) is 0.364. The first kappa shape index (κ1) is 10.6. The Morgan fingerprint density at radius 1 is 1.31 bits per heavy atom. The summed E-state index contributed by atoms with van der Waals surface area (Å²) in [7, 11) is 1.94. The molecular weight excluding hydrogens is 202 g/mol. The van der Waals surface area contributed by atoms with Gasteiger partial charge in [-0.05, 0) is 18.6 Å². The van der Waals surface area contributed by atoms with Crippen molar-refractivity contribution in [2.24, 2.45) is 7.05 Å². The zero-order chi connectivity index (χ0) is 11.4. The molecule has 0 atom stereocenters. The Morgan fingerprint density at radius 3 is 2.69 bits per heavy atom. The number of anilines is 1. The molecule has 0 radical (unpaired) electrons. The number of hydrogen-bond donors (Lipinski definition) is 1. The molecule has 84 valence electrons. The van der Waals surface area contributed by atoms with Crippen LogP contribution < -0.4 is 5.32 Å². The van der Waals surface area contributed by atoms with Gasteiger partial charge >= 0.3 is 0 Å². The lowest BCUT2D eigenvalue weighted by Crippen LogP contribution is -2.10. The third kappa shape index (κ3) is 2.56. The summed E-state index contributed by atoms with van der Waals surface area (Å²) in [6.45, 7) is 2.78. The van der Waals surface area contributed by atoms with Crippen LogP contribution in [0.2, 0.25) is 0 Å². The van der Waals surface area contributed by atoms with Crippen LogP contribution in [0.4, 0.5) is 5.95 Å². The summed E-state index contributed by atoms with van der Waals surface area (Å²) in [6, 6.07) is 2.01. The van der Waals surface area contributed by atoms with Crippen LogP contribution in [-0.4, -0.2) is 26.3 Å². The first-order valence-corrected chi connectivity index (χ1v) is 5.25. The van der Waals surface area contributed by atoms with Gasteiger partial charge in [-0.3, -0.25) is 4.68 Å². The van der Waals surface area contributed by atoms with Crippen LogP contribution in [0.15, 0.2) is 24.7 Å². The van der Waals surface area contributed by atoms with E-state index in [9.17, 15) is 0 Å². The van der Waals surface area contributed by atoms with Crippen LogP contribution in [0.3, 0.4) is 0 Å². The topological polar surface area (TPSA) is 55.6 Å². The smallest absolute Gasteiger partial charge is 0.222 e. The Kier molecular flexibility index (Phi) is 3.14. The zero-order valence-corrected chi connectivity index (χ0v) is 9.51. The molecule has 2 heterocycles. The molecule has 0 fully saturated rings. The summed E-state index contributed by atoms with van der Waals surface area (Å²) in [5.74, 6) is 0.674. The Labute approximate surface area is 94.5 Å². The van der Waals surface area contributed by atoms with Crippen molar-refractivity contribution in [1.29, 1.82) is 0 Å². The molecule has 0 saturated heterocycles. The molecule has 0 unspecified atom stereocenters. The minimum atomic E-state index is 0.674. The third-order valence-electron chi connectivity index (χ3n) is 2.37. The van der Waals surface area contributed by atoms with Crippen molar-refractivity contribution in [3.8, 4) is 0 Å². The van der Waals surface area contributed by atoms with Crippen LogP contribution >= 0.6 is 0 Å². The molecule has 5 nitrogen and oxygen atoms in total. The highest BCUT2D eigenvalue weighted by Crippen LogP contribution is 2.00. The van der Waals surface area contributed by atoms with Gasteiger partial charge in [0.2, 0.25) is 5.95 Å². The van der Waals surface area contributed by atoms with Gasteiger partial charge in [-0.2, -0.15) is 5.10 Å². The molecule has 0 aliphatic heterocycles. The lowest BCUT2D eigenvalue weighted by atomic mass is 10.3. The molecule has 0 amide bonds.